The van der Waals surface area contributed by atoms with E-state index in [4.69, 9.17) is 25.9 Å². The quantitative estimate of drug-likeness (QED) is 0.390. The molecule has 6 nitrogen and oxygen atoms in total. The van der Waals surface area contributed by atoms with Gasteiger partial charge in [0.25, 0.3) is 0 Å². The monoisotopic (exact) mass is 297 g/mol. The second kappa shape index (κ2) is 6.12. The third-order valence-corrected chi connectivity index (χ3v) is 0. The maximum atomic E-state index is 9.08. The first-order valence-corrected chi connectivity index (χ1v) is 5.45. The third-order valence-electron chi connectivity index (χ3n) is 0. The summed E-state index contributed by atoms with van der Waals surface area (Å²) >= 11 is 0. The summed E-state index contributed by atoms with van der Waals surface area (Å²) in [6.45, 7) is 0. The Labute approximate surface area is 81.0 Å². The Kier molecular flexibility index (Phi) is 9.79. The van der Waals surface area contributed by atoms with Crippen LogP contribution >= 0.6 is 0 Å². The zero-order chi connectivity index (χ0) is 9.00. The van der Waals surface area contributed by atoms with Gasteiger partial charge in [-0.3, -0.25) is 0 Å². The summed E-state index contributed by atoms with van der Waals surface area (Å²) in [5.74, 6) is 0. The molecule has 0 aliphatic rings. The fraction of sp³-hybridized carbons (Fsp3) is 1.00. The van der Waals surface area contributed by atoms with E-state index in [2.05, 4.69) is 0 Å². The van der Waals surface area contributed by atoms with Crippen molar-refractivity contribution in [2.24, 2.45) is 0 Å². The molecule has 0 aromatic heterocycles. The molecule has 0 unspecified atom stereocenters. The predicted octanol–water partition coefficient (Wildman–Crippen LogP) is -1.68. The normalized spacial score (nSPS) is 10.5. The van der Waals surface area contributed by atoms with Crippen molar-refractivity contribution in [3.8, 4) is 0 Å². The fourth-order valence-electron chi connectivity index (χ4n) is 0. The Morgan fingerprint density at radius 2 is 0.818 bits per heavy atom. The largest absolute Gasteiger partial charge is 0.748 e. The molecule has 0 saturated carbocycles. The van der Waals surface area contributed by atoms with Crippen LogP contribution < -0.4 is 0 Å². The van der Waals surface area contributed by atoms with Gasteiger partial charge in [-0.2, -0.15) is 0 Å². The van der Waals surface area contributed by atoms with E-state index < -0.39 is 20.2 Å². The standard InChI is InChI=1S/2CH4O3S.Ag/c2*1-5(2,3)4;/h2*1H3,(H,2,3,4);/p-2. The van der Waals surface area contributed by atoms with Gasteiger partial charge < -0.3 is 9.11 Å². The molecule has 11 heavy (non-hydrogen) atoms. The van der Waals surface area contributed by atoms with Crippen LogP contribution in [0.15, 0.2) is 0 Å². The van der Waals surface area contributed by atoms with Crippen LogP contribution in [0.4, 0.5) is 0 Å². The SMILES string of the molecule is CS(=O)(=O)[O-].CS(=O)(=O)[O-].[Ag]. The first-order chi connectivity index (χ1) is 4.00. The van der Waals surface area contributed by atoms with Crippen LogP contribution in [0.2, 0.25) is 0 Å². The van der Waals surface area contributed by atoms with Gasteiger partial charge in [-0.05, 0) is 0 Å². The fourth-order valence-corrected chi connectivity index (χ4v) is 0. The van der Waals surface area contributed by atoms with Crippen LogP contribution in [-0.4, -0.2) is 38.5 Å². The molecule has 0 N–H and O–H groups in total. The first kappa shape index (κ1) is 17.6. The zero-order valence-corrected chi connectivity index (χ0v) is 8.68. The van der Waals surface area contributed by atoms with Gasteiger partial charge >= 0.3 is 0 Å². The second-order valence-electron chi connectivity index (χ2n) is 1.41. The molecule has 0 aromatic rings. The first-order valence-electron chi connectivity index (χ1n) is 1.82. The smallest absolute Gasteiger partial charge is 0.0916 e. The minimum atomic E-state index is -3.92. The van der Waals surface area contributed by atoms with Crippen molar-refractivity contribution >= 4 is 20.2 Å². The van der Waals surface area contributed by atoms with Gasteiger partial charge in [-0.15, -0.1) is 0 Å². The van der Waals surface area contributed by atoms with Gasteiger partial charge in [-0.25, -0.2) is 16.8 Å². The van der Waals surface area contributed by atoms with Crippen LogP contribution in [0, 0.1) is 0 Å². The van der Waals surface area contributed by atoms with Crippen LogP contribution in [-0.2, 0) is 42.6 Å². The number of hydrogen-bond donors (Lipinski definition) is 0. The number of hydrogen-bond acceptors (Lipinski definition) is 6. The van der Waals surface area contributed by atoms with Crippen molar-refractivity contribution in [1.82, 2.24) is 0 Å². The Balaban J connectivity index is -0.000000107. The summed E-state index contributed by atoms with van der Waals surface area (Å²) in [4.78, 5) is 0. The molecule has 0 atom stereocenters. The Hall–Kier alpha value is 0.560. The molecule has 0 saturated heterocycles. The molecule has 1 radical (unpaired) electrons. The van der Waals surface area contributed by atoms with Crippen LogP contribution in [0.1, 0.15) is 0 Å². The van der Waals surface area contributed by atoms with Crippen molar-refractivity contribution in [3.63, 3.8) is 0 Å². The predicted molar refractivity (Wildman–Crippen MR) is 31.2 cm³/mol. The van der Waals surface area contributed by atoms with E-state index in [1.165, 1.54) is 0 Å². The molecular formula is C2H6AgO6S2-2. The summed E-state index contributed by atoms with van der Waals surface area (Å²) in [7, 11) is -7.83. The van der Waals surface area contributed by atoms with E-state index in [-0.39, 0.29) is 22.4 Å². The average molecular weight is 298 g/mol. The van der Waals surface area contributed by atoms with E-state index in [0.29, 0.717) is 12.5 Å². The molecule has 0 rings (SSSR count). The maximum absolute atomic E-state index is 9.08. The molecule has 75 valence electrons. The van der Waals surface area contributed by atoms with E-state index >= 15 is 0 Å². The molecule has 9 heteroatoms. The van der Waals surface area contributed by atoms with Gasteiger partial charge in [0.2, 0.25) is 0 Å². The molecule has 0 aliphatic heterocycles. The van der Waals surface area contributed by atoms with E-state index in [0.717, 1.165) is 0 Å². The van der Waals surface area contributed by atoms with E-state index in [9.17, 15) is 0 Å². The van der Waals surface area contributed by atoms with Gasteiger partial charge in [0.1, 0.15) is 0 Å². The van der Waals surface area contributed by atoms with Crippen LogP contribution in [0.5, 0.6) is 0 Å². The molecule has 0 bridgehead atoms. The van der Waals surface area contributed by atoms with E-state index in [1.54, 1.807) is 0 Å². The molecule has 0 spiro atoms. The van der Waals surface area contributed by atoms with E-state index in [1.807, 2.05) is 0 Å². The average Bonchev–Trinajstić information content (AvgIpc) is 1.12. The van der Waals surface area contributed by atoms with Crippen molar-refractivity contribution in [2.75, 3.05) is 12.5 Å². The van der Waals surface area contributed by atoms with Crippen molar-refractivity contribution in [3.05, 3.63) is 0 Å². The summed E-state index contributed by atoms with van der Waals surface area (Å²) in [6, 6.07) is 0. The molecular weight excluding hydrogens is 292 g/mol. The molecule has 0 aliphatic carbocycles. The van der Waals surface area contributed by atoms with Crippen molar-refractivity contribution in [2.45, 2.75) is 0 Å². The van der Waals surface area contributed by atoms with Crippen LogP contribution in [0.25, 0.3) is 0 Å². The maximum Gasteiger partial charge on any atom is 0.0916 e. The summed E-state index contributed by atoms with van der Waals surface area (Å²) in [5.41, 5.74) is 0. The van der Waals surface area contributed by atoms with Gasteiger partial charge in [0.05, 0.1) is 20.2 Å². The van der Waals surface area contributed by atoms with Crippen molar-refractivity contribution < 1.29 is 48.3 Å². The molecule has 0 heterocycles. The topological polar surface area (TPSA) is 114 Å². The van der Waals surface area contributed by atoms with Gasteiger partial charge in [-0.1, -0.05) is 0 Å². The minimum Gasteiger partial charge on any atom is -0.748 e. The van der Waals surface area contributed by atoms with Crippen molar-refractivity contribution in [1.29, 1.82) is 0 Å². The summed E-state index contributed by atoms with van der Waals surface area (Å²) in [6.07, 6.45) is 1.21. The second-order valence-corrected chi connectivity index (χ2v) is 4.22. The summed E-state index contributed by atoms with van der Waals surface area (Å²) < 4.78 is 54.5. The van der Waals surface area contributed by atoms with Gasteiger partial charge in [0, 0.05) is 34.9 Å². The molecule has 0 fully saturated rings. The Morgan fingerprint density at radius 3 is 0.818 bits per heavy atom. The Bertz CT molecular complexity index is 215. The Morgan fingerprint density at radius 1 is 0.818 bits per heavy atom. The van der Waals surface area contributed by atoms with Gasteiger partial charge in [0.15, 0.2) is 0 Å². The molecule has 0 aromatic carbocycles. The minimum absolute atomic E-state index is 0. The molecule has 0 amide bonds. The third kappa shape index (κ3) is 2470. The number of rotatable bonds is 0. The summed E-state index contributed by atoms with van der Waals surface area (Å²) in [5, 5.41) is 0. The zero-order valence-electron chi connectivity index (χ0n) is 5.57. The van der Waals surface area contributed by atoms with Crippen LogP contribution in [0.3, 0.4) is 0 Å².